The summed E-state index contributed by atoms with van der Waals surface area (Å²) in [4.78, 5) is 4.12. The number of likely N-dealkylation sites (N-methyl/N-ethyl adjacent to an activating group) is 1. The molecule has 2 aromatic rings. The van der Waals surface area contributed by atoms with Gasteiger partial charge in [0, 0.05) is 20.1 Å². The number of halogens is 2. The minimum atomic E-state index is -0.232. The van der Waals surface area contributed by atoms with E-state index in [0.29, 0.717) is 11.3 Å². The van der Waals surface area contributed by atoms with Crippen LogP contribution in [0.25, 0.3) is 0 Å². The zero-order chi connectivity index (χ0) is 16.4. The van der Waals surface area contributed by atoms with Crippen LogP contribution in [0, 0.1) is 17.1 Å². The number of para-hydroxylation sites is 1. The van der Waals surface area contributed by atoms with E-state index in [4.69, 9.17) is 0 Å². The van der Waals surface area contributed by atoms with Gasteiger partial charge in [-0.1, -0.05) is 19.1 Å². The Kier molecular flexibility index (Phi) is 5.82. The first kappa shape index (κ1) is 18.3. The normalized spacial score (nSPS) is 13.6. The van der Waals surface area contributed by atoms with Gasteiger partial charge in [0.1, 0.15) is 11.9 Å². The van der Waals surface area contributed by atoms with Crippen molar-refractivity contribution in [2.45, 2.75) is 19.9 Å². The summed E-state index contributed by atoms with van der Waals surface area (Å²) in [6, 6.07) is 13.0. The minimum absolute atomic E-state index is 0. The first-order chi connectivity index (χ1) is 11.1. The van der Waals surface area contributed by atoms with Crippen molar-refractivity contribution < 1.29 is 4.39 Å². The van der Waals surface area contributed by atoms with Crippen LogP contribution in [-0.2, 0) is 13.0 Å². The van der Waals surface area contributed by atoms with E-state index in [9.17, 15) is 9.65 Å². The van der Waals surface area contributed by atoms with Crippen LogP contribution in [0.3, 0.4) is 0 Å². The summed E-state index contributed by atoms with van der Waals surface area (Å²) in [5.41, 5.74) is 4.05. The van der Waals surface area contributed by atoms with Gasteiger partial charge in [0.2, 0.25) is 0 Å². The summed E-state index contributed by atoms with van der Waals surface area (Å²) in [6.45, 7) is 4.98. The molecule has 5 heteroatoms. The molecule has 0 aliphatic carbocycles. The first-order valence-electron chi connectivity index (χ1n) is 7.90. The highest BCUT2D eigenvalue weighted by Crippen LogP contribution is 2.32. The van der Waals surface area contributed by atoms with Crippen LogP contribution in [0.15, 0.2) is 36.4 Å². The molecule has 1 aliphatic rings. The Morgan fingerprint density at radius 3 is 2.67 bits per heavy atom. The van der Waals surface area contributed by atoms with Gasteiger partial charge in [-0.15, -0.1) is 12.4 Å². The summed E-state index contributed by atoms with van der Waals surface area (Å²) in [7, 11) is 1.81. The summed E-state index contributed by atoms with van der Waals surface area (Å²) >= 11 is 0. The van der Waals surface area contributed by atoms with Gasteiger partial charge >= 0.3 is 0 Å². The van der Waals surface area contributed by atoms with Gasteiger partial charge in [0.15, 0.2) is 0 Å². The van der Waals surface area contributed by atoms with E-state index in [1.165, 1.54) is 5.56 Å². The molecule has 3 nitrogen and oxygen atoms in total. The minimum Gasteiger partial charge on any atom is -0.341 e. The summed E-state index contributed by atoms with van der Waals surface area (Å²) in [5.74, 6) is -0.232. The van der Waals surface area contributed by atoms with Crippen molar-refractivity contribution in [3.63, 3.8) is 0 Å². The summed E-state index contributed by atoms with van der Waals surface area (Å²) < 4.78 is 14.6. The molecule has 0 N–H and O–H groups in total. The van der Waals surface area contributed by atoms with E-state index < -0.39 is 0 Å². The van der Waals surface area contributed by atoms with Crippen LogP contribution in [-0.4, -0.2) is 25.0 Å². The molecule has 0 bridgehead atoms. The average Bonchev–Trinajstić information content (AvgIpc) is 2.60. The number of hydrogen-bond donors (Lipinski definition) is 0. The smallest absolute Gasteiger partial charge is 0.147 e. The van der Waals surface area contributed by atoms with Crippen molar-refractivity contribution in [1.82, 2.24) is 4.90 Å². The fourth-order valence-corrected chi connectivity index (χ4v) is 3.14. The summed E-state index contributed by atoms with van der Waals surface area (Å²) in [5, 5.41) is 9.27. The highest BCUT2D eigenvalue weighted by atomic mass is 35.5. The average molecular weight is 346 g/mol. The van der Waals surface area contributed by atoms with Gasteiger partial charge in [0.05, 0.1) is 16.9 Å². The maximum absolute atomic E-state index is 14.6. The lowest BCUT2D eigenvalue weighted by Crippen LogP contribution is -2.30. The molecule has 0 radical (unpaired) electrons. The van der Waals surface area contributed by atoms with Crippen molar-refractivity contribution in [2.75, 3.05) is 25.0 Å². The third-order valence-corrected chi connectivity index (χ3v) is 4.55. The standard InChI is InChI=1S/C19H20FN3.ClH/c1-3-23-9-8-14-10-17(20)19(11-16(14)13-23)22(2)18-7-5-4-6-15(18)12-21;/h4-7,10-11H,3,8-9,13H2,1-2H3;1H. The second-order valence-corrected chi connectivity index (χ2v) is 5.88. The Balaban J connectivity index is 0.00000208. The van der Waals surface area contributed by atoms with Crippen LogP contribution >= 0.6 is 12.4 Å². The van der Waals surface area contributed by atoms with Gasteiger partial charge < -0.3 is 4.90 Å². The van der Waals surface area contributed by atoms with Gasteiger partial charge in [-0.3, -0.25) is 4.90 Å². The van der Waals surface area contributed by atoms with Crippen molar-refractivity contribution >= 4 is 23.8 Å². The molecule has 0 saturated heterocycles. The number of benzene rings is 2. The second-order valence-electron chi connectivity index (χ2n) is 5.88. The van der Waals surface area contributed by atoms with E-state index in [1.54, 1.807) is 24.1 Å². The Hall–Kier alpha value is -2.09. The number of nitrogens with zero attached hydrogens (tertiary/aromatic N) is 3. The Morgan fingerprint density at radius 2 is 1.96 bits per heavy atom. The van der Waals surface area contributed by atoms with E-state index in [2.05, 4.69) is 17.9 Å². The van der Waals surface area contributed by atoms with E-state index in [0.717, 1.165) is 37.3 Å². The fourth-order valence-electron chi connectivity index (χ4n) is 3.14. The van der Waals surface area contributed by atoms with Gasteiger partial charge in [-0.2, -0.15) is 5.26 Å². The van der Waals surface area contributed by atoms with Crippen molar-refractivity contribution in [1.29, 1.82) is 5.26 Å². The number of anilines is 2. The van der Waals surface area contributed by atoms with Gasteiger partial charge in [-0.25, -0.2) is 4.39 Å². The number of hydrogen-bond acceptors (Lipinski definition) is 3. The molecule has 0 fully saturated rings. The van der Waals surface area contributed by atoms with Crippen LogP contribution in [0.1, 0.15) is 23.6 Å². The van der Waals surface area contributed by atoms with Crippen LogP contribution in [0.2, 0.25) is 0 Å². The highest BCUT2D eigenvalue weighted by molar-refractivity contribution is 5.85. The largest absolute Gasteiger partial charge is 0.341 e. The molecular formula is C19H21ClFN3. The lowest BCUT2D eigenvalue weighted by atomic mass is 9.98. The predicted octanol–water partition coefficient (Wildman–Crippen LogP) is 4.27. The van der Waals surface area contributed by atoms with Crippen molar-refractivity contribution in [3.8, 4) is 6.07 Å². The molecule has 0 unspecified atom stereocenters. The fraction of sp³-hybridized carbons (Fsp3) is 0.316. The quantitative estimate of drug-likeness (QED) is 0.832. The third-order valence-electron chi connectivity index (χ3n) is 4.55. The molecule has 0 saturated carbocycles. The van der Waals surface area contributed by atoms with Gasteiger partial charge in [-0.05, 0) is 48.4 Å². The maximum atomic E-state index is 14.6. The Labute approximate surface area is 148 Å². The second kappa shape index (κ2) is 7.65. The molecule has 0 amide bonds. The monoisotopic (exact) mass is 345 g/mol. The number of rotatable bonds is 3. The molecule has 1 aliphatic heterocycles. The van der Waals surface area contributed by atoms with Crippen LogP contribution < -0.4 is 4.90 Å². The third kappa shape index (κ3) is 3.38. The number of nitriles is 1. The van der Waals surface area contributed by atoms with E-state index in [1.807, 2.05) is 24.3 Å². The Bertz CT molecular complexity index is 770. The predicted molar refractivity (Wildman–Crippen MR) is 97.5 cm³/mol. The van der Waals surface area contributed by atoms with E-state index in [-0.39, 0.29) is 18.2 Å². The maximum Gasteiger partial charge on any atom is 0.147 e. The molecule has 3 rings (SSSR count). The molecule has 1 heterocycles. The molecular weight excluding hydrogens is 325 g/mol. The highest BCUT2D eigenvalue weighted by Gasteiger charge is 2.20. The lowest BCUT2D eigenvalue weighted by Gasteiger charge is -2.29. The molecule has 2 aromatic carbocycles. The molecule has 0 atom stereocenters. The SMILES string of the molecule is CCN1CCc2cc(F)c(N(C)c3ccccc3C#N)cc2C1.Cl. The van der Waals surface area contributed by atoms with Crippen LogP contribution in [0.4, 0.5) is 15.8 Å². The van der Waals surface area contributed by atoms with Crippen molar-refractivity contribution in [3.05, 3.63) is 58.9 Å². The topological polar surface area (TPSA) is 30.3 Å². The lowest BCUT2D eigenvalue weighted by molar-refractivity contribution is 0.268. The van der Waals surface area contributed by atoms with Crippen LogP contribution in [0.5, 0.6) is 0 Å². The molecule has 0 aromatic heterocycles. The summed E-state index contributed by atoms with van der Waals surface area (Å²) in [6.07, 6.45) is 0.888. The molecule has 0 spiro atoms. The van der Waals surface area contributed by atoms with Gasteiger partial charge in [0.25, 0.3) is 0 Å². The first-order valence-corrected chi connectivity index (χ1v) is 7.90. The Morgan fingerprint density at radius 1 is 1.21 bits per heavy atom. The number of fused-ring (bicyclic) bond motifs is 1. The molecule has 126 valence electrons. The van der Waals surface area contributed by atoms with Crippen molar-refractivity contribution in [2.24, 2.45) is 0 Å². The zero-order valence-corrected chi connectivity index (χ0v) is 14.7. The van der Waals surface area contributed by atoms with E-state index >= 15 is 0 Å². The molecule has 24 heavy (non-hydrogen) atoms. The zero-order valence-electron chi connectivity index (χ0n) is 13.9.